The first-order valence-electron chi connectivity index (χ1n) is 5.06. The molecule has 0 radical (unpaired) electrons. The molecule has 0 saturated carbocycles. The van der Waals surface area contributed by atoms with Gasteiger partial charge in [-0.3, -0.25) is 4.79 Å². The molecule has 1 aliphatic rings. The minimum atomic E-state index is 0.130. The van der Waals surface area contributed by atoms with E-state index in [0.29, 0.717) is 0 Å². The predicted octanol–water partition coefficient (Wildman–Crippen LogP) is 2.71. The van der Waals surface area contributed by atoms with Gasteiger partial charge in [0.15, 0.2) is 0 Å². The molecule has 1 unspecified atom stereocenters. The molecule has 16 heavy (non-hydrogen) atoms. The summed E-state index contributed by atoms with van der Waals surface area (Å²) in [6.07, 6.45) is 0. The molecular weight excluding hydrogens is 356 g/mol. The van der Waals surface area contributed by atoms with Gasteiger partial charge >= 0.3 is 0 Å². The highest BCUT2D eigenvalue weighted by atomic mass is 79.9. The molecule has 88 valence electrons. The number of hydrogen-bond acceptors (Lipinski definition) is 3. The normalized spacial score (nSPS) is 21.2. The molecule has 1 atom stereocenters. The smallest absolute Gasteiger partial charge is 0.264 e. The molecule has 1 fully saturated rings. The van der Waals surface area contributed by atoms with Crippen molar-refractivity contribution >= 4 is 49.1 Å². The number of hydrogen-bond donors (Lipinski definition) is 1. The Balaban J connectivity index is 2.17. The van der Waals surface area contributed by atoms with Crippen LogP contribution >= 0.6 is 43.2 Å². The fraction of sp³-hybridized carbons (Fsp3) is 0.500. The number of carbonyl (C=O) groups excluding carboxylic acids is 1. The first-order chi connectivity index (χ1) is 7.59. The lowest BCUT2D eigenvalue weighted by molar-refractivity contribution is 0.0661. The first-order valence-corrected chi connectivity index (χ1v) is 7.46. The van der Waals surface area contributed by atoms with Gasteiger partial charge < -0.3 is 10.2 Å². The van der Waals surface area contributed by atoms with Gasteiger partial charge in [0.25, 0.3) is 5.91 Å². The second-order valence-corrected chi connectivity index (χ2v) is 7.01. The van der Waals surface area contributed by atoms with E-state index in [1.165, 1.54) is 11.3 Å². The third kappa shape index (κ3) is 2.50. The van der Waals surface area contributed by atoms with Gasteiger partial charge in [-0.2, -0.15) is 0 Å². The van der Waals surface area contributed by atoms with E-state index in [9.17, 15) is 4.79 Å². The zero-order chi connectivity index (χ0) is 11.7. The predicted molar refractivity (Wildman–Crippen MR) is 73.1 cm³/mol. The van der Waals surface area contributed by atoms with Crippen LogP contribution in [0, 0.1) is 0 Å². The number of amides is 1. The molecule has 0 bridgehead atoms. The number of carbonyl (C=O) groups is 1. The summed E-state index contributed by atoms with van der Waals surface area (Å²) in [5.41, 5.74) is 0. The van der Waals surface area contributed by atoms with E-state index >= 15 is 0 Å². The van der Waals surface area contributed by atoms with Gasteiger partial charge in [-0.1, -0.05) is 0 Å². The maximum atomic E-state index is 12.2. The van der Waals surface area contributed by atoms with E-state index in [2.05, 4.69) is 44.1 Å². The van der Waals surface area contributed by atoms with Crippen LogP contribution in [-0.2, 0) is 0 Å². The number of piperazine rings is 1. The summed E-state index contributed by atoms with van der Waals surface area (Å²) >= 11 is 8.29. The minimum Gasteiger partial charge on any atom is -0.333 e. The van der Waals surface area contributed by atoms with Crippen LogP contribution in [-0.4, -0.2) is 36.5 Å². The monoisotopic (exact) mass is 366 g/mol. The Morgan fingerprint density at radius 3 is 2.94 bits per heavy atom. The Bertz CT molecular complexity index is 388. The lowest BCUT2D eigenvalue weighted by Crippen LogP contribution is -2.52. The van der Waals surface area contributed by atoms with Crippen molar-refractivity contribution in [1.82, 2.24) is 10.2 Å². The van der Waals surface area contributed by atoms with Crippen molar-refractivity contribution in [2.75, 3.05) is 19.6 Å². The average Bonchev–Trinajstić information content (AvgIpc) is 2.59. The zero-order valence-electron chi connectivity index (χ0n) is 8.80. The SMILES string of the molecule is CC1CNCCN1C(=O)c1cc(Br)c(Br)s1. The van der Waals surface area contributed by atoms with Crippen LogP contribution in [0.4, 0.5) is 0 Å². The van der Waals surface area contributed by atoms with Gasteiger partial charge in [0, 0.05) is 30.1 Å². The van der Waals surface area contributed by atoms with Gasteiger partial charge in [0.05, 0.1) is 8.66 Å². The van der Waals surface area contributed by atoms with Crippen LogP contribution in [0.3, 0.4) is 0 Å². The van der Waals surface area contributed by atoms with E-state index in [4.69, 9.17) is 0 Å². The number of nitrogens with zero attached hydrogens (tertiary/aromatic N) is 1. The summed E-state index contributed by atoms with van der Waals surface area (Å²) in [5.74, 6) is 0.130. The number of halogens is 2. The van der Waals surface area contributed by atoms with Gasteiger partial charge in [-0.25, -0.2) is 0 Å². The maximum Gasteiger partial charge on any atom is 0.264 e. The molecular formula is C10H12Br2N2OS. The Kier molecular flexibility index (Phi) is 4.05. The van der Waals surface area contributed by atoms with Gasteiger partial charge in [0.2, 0.25) is 0 Å². The highest BCUT2D eigenvalue weighted by Gasteiger charge is 2.25. The van der Waals surface area contributed by atoms with Crippen molar-refractivity contribution in [2.24, 2.45) is 0 Å². The Hall–Kier alpha value is 0.0900. The topological polar surface area (TPSA) is 32.3 Å². The second-order valence-electron chi connectivity index (χ2n) is 3.78. The molecule has 1 aliphatic heterocycles. The number of rotatable bonds is 1. The molecule has 0 spiro atoms. The van der Waals surface area contributed by atoms with E-state index in [1.54, 1.807) is 0 Å². The van der Waals surface area contributed by atoms with Gasteiger partial charge in [-0.05, 0) is 44.8 Å². The molecule has 2 rings (SSSR count). The Morgan fingerprint density at radius 2 is 2.38 bits per heavy atom. The van der Waals surface area contributed by atoms with E-state index in [-0.39, 0.29) is 11.9 Å². The average molecular weight is 368 g/mol. The molecule has 1 saturated heterocycles. The maximum absolute atomic E-state index is 12.2. The van der Waals surface area contributed by atoms with Crippen molar-refractivity contribution in [2.45, 2.75) is 13.0 Å². The largest absolute Gasteiger partial charge is 0.333 e. The lowest BCUT2D eigenvalue weighted by Gasteiger charge is -2.33. The van der Waals surface area contributed by atoms with Crippen molar-refractivity contribution in [3.63, 3.8) is 0 Å². The van der Waals surface area contributed by atoms with E-state index in [1.807, 2.05) is 11.0 Å². The number of thiophene rings is 1. The van der Waals surface area contributed by atoms with Crippen LogP contribution in [0.5, 0.6) is 0 Å². The van der Waals surface area contributed by atoms with Crippen LogP contribution in [0.2, 0.25) is 0 Å². The summed E-state index contributed by atoms with van der Waals surface area (Å²) < 4.78 is 1.92. The summed E-state index contributed by atoms with van der Waals surface area (Å²) in [7, 11) is 0. The third-order valence-corrected chi connectivity index (χ3v) is 5.86. The molecule has 1 amide bonds. The highest BCUT2D eigenvalue weighted by molar-refractivity contribution is 9.13. The van der Waals surface area contributed by atoms with Crippen molar-refractivity contribution in [3.05, 3.63) is 19.2 Å². The van der Waals surface area contributed by atoms with Crippen LogP contribution in [0.25, 0.3) is 0 Å². The summed E-state index contributed by atoms with van der Waals surface area (Å²) in [6, 6.07) is 2.15. The molecule has 2 heterocycles. The fourth-order valence-corrected chi connectivity index (χ4v) is 3.73. The first kappa shape index (κ1) is 12.5. The highest BCUT2D eigenvalue weighted by Crippen LogP contribution is 2.33. The molecule has 3 nitrogen and oxygen atoms in total. The molecule has 0 aromatic carbocycles. The van der Waals surface area contributed by atoms with E-state index < -0.39 is 0 Å². The summed E-state index contributed by atoms with van der Waals surface area (Å²) in [5, 5.41) is 3.28. The van der Waals surface area contributed by atoms with Crippen molar-refractivity contribution < 1.29 is 4.79 Å². The Labute approximate surface area is 115 Å². The minimum absolute atomic E-state index is 0.130. The van der Waals surface area contributed by atoms with Crippen LogP contribution in [0.1, 0.15) is 16.6 Å². The van der Waals surface area contributed by atoms with Crippen LogP contribution < -0.4 is 5.32 Å². The summed E-state index contributed by atoms with van der Waals surface area (Å²) in [6.45, 7) is 4.61. The van der Waals surface area contributed by atoms with E-state index in [0.717, 1.165) is 32.8 Å². The molecule has 1 aromatic heterocycles. The lowest BCUT2D eigenvalue weighted by atomic mass is 10.2. The zero-order valence-corrected chi connectivity index (χ0v) is 12.8. The number of nitrogens with one attached hydrogen (secondary N) is 1. The molecule has 6 heteroatoms. The Morgan fingerprint density at radius 1 is 1.62 bits per heavy atom. The molecule has 1 N–H and O–H groups in total. The van der Waals surface area contributed by atoms with Gasteiger partial charge in [-0.15, -0.1) is 11.3 Å². The summed E-state index contributed by atoms with van der Waals surface area (Å²) in [4.78, 5) is 15.0. The molecule has 0 aliphatic carbocycles. The standard InChI is InChI=1S/C10H12Br2N2OS/c1-6-5-13-2-3-14(6)10(15)8-4-7(11)9(12)16-8/h4,6,13H,2-3,5H2,1H3. The third-order valence-electron chi connectivity index (χ3n) is 2.62. The second kappa shape index (κ2) is 5.16. The molecule has 1 aromatic rings. The fourth-order valence-electron chi connectivity index (χ4n) is 1.74. The van der Waals surface area contributed by atoms with Crippen molar-refractivity contribution in [3.8, 4) is 0 Å². The van der Waals surface area contributed by atoms with Crippen LogP contribution in [0.15, 0.2) is 14.3 Å². The quantitative estimate of drug-likeness (QED) is 0.827. The van der Waals surface area contributed by atoms with Crippen molar-refractivity contribution in [1.29, 1.82) is 0 Å². The van der Waals surface area contributed by atoms with Gasteiger partial charge in [0.1, 0.15) is 0 Å².